The second-order valence-corrected chi connectivity index (χ2v) is 5.22. The second kappa shape index (κ2) is 6.76. The van der Waals surface area contributed by atoms with Crippen LogP contribution in [-0.4, -0.2) is 25.9 Å². The van der Waals surface area contributed by atoms with Gasteiger partial charge in [-0.3, -0.25) is 20.4 Å². The lowest BCUT2D eigenvalue weighted by molar-refractivity contribution is 0.0846. The molecule has 114 valence electrons. The number of carbonyl (C=O) groups excluding carboxylic acids is 2. The molecule has 2 amide bonds. The van der Waals surface area contributed by atoms with Crippen LogP contribution in [0.25, 0.3) is 0 Å². The number of nitrogens with one attached hydrogen (secondary N) is 2. The van der Waals surface area contributed by atoms with Crippen molar-refractivity contribution >= 4 is 17.5 Å². The Hall–Kier alpha value is -2.82. The second-order valence-electron chi connectivity index (χ2n) is 5.22. The Morgan fingerprint density at radius 1 is 0.773 bits per heavy atom. The SMILES string of the molecule is Cc1ccc(C(=O)NNC(=O)c2ccc(N(C)C)cc2)cc1. The number of amides is 2. The summed E-state index contributed by atoms with van der Waals surface area (Å²) in [5.41, 5.74) is 7.86. The minimum absolute atomic E-state index is 0.349. The van der Waals surface area contributed by atoms with E-state index >= 15 is 0 Å². The van der Waals surface area contributed by atoms with E-state index < -0.39 is 0 Å². The molecule has 2 N–H and O–H groups in total. The van der Waals surface area contributed by atoms with E-state index in [-0.39, 0.29) is 11.8 Å². The van der Waals surface area contributed by atoms with E-state index in [9.17, 15) is 9.59 Å². The molecule has 0 spiro atoms. The molecule has 0 bridgehead atoms. The van der Waals surface area contributed by atoms with Crippen molar-refractivity contribution < 1.29 is 9.59 Å². The summed E-state index contributed by atoms with van der Waals surface area (Å²) in [5, 5.41) is 0. The average Bonchev–Trinajstić information content (AvgIpc) is 2.53. The summed E-state index contributed by atoms with van der Waals surface area (Å²) in [6.07, 6.45) is 0. The third-order valence-corrected chi connectivity index (χ3v) is 3.25. The predicted molar refractivity (Wildman–Crippen MR) is 86.9 cm³/mol. The third kappa shape index (κ3) is 3.85. The molecule has 0 unspecified atom stereocenters. The minimum atomic E-state index is -0.356. The lowest BCUT2D eigenvalue weighted by atomic mass is 10.1. The highest BCUT2D eigenvalue weighted by Crippen LogP contribution is 2.11. The summed E-state index contributed by atoms with van der Waals surface area (Å²) >= 11 is 0. The molecule has 0 atom stereocenters. The van der Waals surface area contributed by atoms with Crippen LogP contribution in [0.15, 0.2) is 48.5 Å². The highest BCUT2D eigenvalue weighted by molar-refractivity contribution is 5.99. The molecule has 0 aliphatic heterocycles. The molecule has 0 aliphatic rings. The Kier molecular flexibility index (Phi) is 4.78. The monoisotopic (exact) mass is 297 g/mol. The van der Waals surface area contributed by atoms with E-state index in [2.05, 4.69) is 10.9 Å². The molecule has 0 heterocycles. The zero-order valence-corrected chi connectivity index (χ0v) is 12.9. The number of hydrogen-bond acceptors (Lipinski definition) is 3. The van der Waals surface area contributed by atoms with Gasteiger partial charge in [0.25, 0.3) is 11.8 Å². The van der Waals surface area contributed by atoms with Crippen molar-refractivity contribution in [1.29, 1.82) is 0 Å². The van der Waals surface area contributed by atoms with Crippen molar-refractivity contribution in [2.24, 2.45) is 0 Å². The normalized spacial score (nSPS) is 9.95. The number of rotatable bonds is 3. The van der Waals surface area contributed by atoms with Gasteiger partial charge in [-0.05, 0) is 43.3 Å². The van der Waals surface area contributed by atoms with Crippen molar-refractivity contribution in [2.75, 3.05) is 19.0 Å². The zero-order valence-electron chi connectivity index (χ0n) is 12.9. The molecule has 0 aromatic heterocycles. The molecule has 0 aliphatic carbocycles. The van der Waals surface area contributed by atoms with Crippen molar-refractivity contribution in [1.82, 2.24) is 10.9 Å². The Morgan fingerprint density at radius 2 is 1.18 bits per heavy atom. The molecular formula is C17H19N3O2. The largest absolute Gasteiger partial charge is 0.378 e. The number of benzene rings is 2. The standard InChI is InChI=1S/C17H19N3O2/c1-12-4-6-13(7-5-12)16(21)18-19-17(22)14-8-10-15(11-9-14)20(2)3/h4-11H,1-3H3,(H,18,21)(H,19,22). The number of anilines is 1. The van der Waals surface area contributed by atoms with Crippen LogP contribution >= 0.6 is 0 Å². The van der Waals surface area contributed by atoms with Crippen LogP contribution in [0.3, 0.4) is 0 Å². The topological polar surface area (TPSA) is 61.4 Å². The summed E-state index contributed by atoms with van der Waals surface area (Å²) in [5.74, 6) is -0.705. The van der Waals surface area contributed by atoms with Crippen LogP contribution in [0, 0.1) is 6.92 Å². The van der Waals surface area contributed by atoms with Crippen molar-refractivity contribution in [3.63, 3.8) is 0 Å². The van der Waals surface area contributed by atoms with Crippen LogP contribution in [0.5, 0.6) is 0 Å². The lowest BCUT2D eigenvalue weighted by Gasteiger charge is -2.13. The van der Waals surface area contributed by atoms with Crippen molar-refractivity contribution in [3.05, 3.63) is 65.2 Å². The Balaban J connectivity index is 1.94. The van der Waals surface area contributed by atoms with E-state index in [4.69, 9.17) is 0 Å². The fourth-order valence-electron chi connectivity index (χ4n) is 1.87. The highest BCUT2D eigenvalue weighted by Gasteiger charge is 2.09. The van der Waals surface area contributed by atoms with E-state index in [1.54, 1.807) is 24.3 Å². The van der Waals surface area contributed by atoms with E-state index in [1.165, 1.54) is 0 Å². The number of aryl methyl sites for hydroxylation is 1. The Labute approximate surface area is 129 Å². The van der Waals surface area contributed by atoms with E-state index in [0.29, 0.717) is 11.1 Å². The molecule has 5 heteroatoms. The molecule has 2 aromatic rings. The first-order valence-corrected chi connectivity index (χ1v) is 6.92. The van der Waals surface area contributed by atoms with Gasteiger partial charge in [-0.15, -0.1) is 0 Å². The van der Waals surface area contributed by atoms with Gasteiger partial charge in [-0.2, -0.15) is 0 Å². The van der Waals surface area contributed by atoms with Crippen molar-refractivity contribution in [2.45, 2.75) is 6.92 Å². The zero-order chi connectivity index (χ0) is 16.1. The maximum atomic E-state index is 12.0. The first kappa shape index (κ1) is 15.6. The number of carbonyl (C=O) groups is 2. The molecule has 0 fully saturated rings. The first-order valence-electron chi connectivity index (χ1n) is 6.92. The highest BCUT2D eigenvalue weighted by atomic mass is 16.2. The van der Waals surface area contributed by atoms with Crippen LogP contribution < -0.4 is 15.8 Å². The summed E-state index contributed by atoms with van der Waals surface area (Å²) in [6, 6.07) is 14.2. The van der Waals surface area contributed by atoms with Crippen LogP contribution in [0.2, 0.25) is 0 Å². The van der Waals surface area contributed by atoms with E-state index in [0.717, 1.165) is 11.3 Å². The van der Waals surface area contributed by atoms with Gasteiger partial charge in [0.15, 0.2) is 0 Å². The molecule has 2 aromatic carbocycles. The molecule has 2 rings (SSSR count). The molecule has 22 heavy (non-hydrogen) atoms. The maximum absolute atomic E-state index is 12.0. The predicted octanol–water partition coefficient (Wildman–Crippen LogP) is 2.14. The third-order valence-electron chi connectivity index (χ3n) is 3.25. The molecular weight excluding hydrogens is 278 g/mol. The van der Waals surface area contributed by atoms with Gasteiger partial charge in [0, 0.05) is 30.9 Å². The number of nitrogens with zero attached hydrogens (tertiary/aromatic N) is 1. The minimum Gasteiger partial charge on any atom is -0.378 e. The van der Waals surface area contributed by atoms with Gasteiger partial charge in [0.2, 0.25) is 0 Å². The van der Waals surface area contributed by atoms with Crippen LogP contribution in [-0.2, 0) is 0 Å². The fourth-order valence-corrected chi connectivity index (χ4v) is 1.87. The quantitative estimate of drug-likeness (QED) is 0.853. The Morgan fingerprint density at radius 3 is 1.59 bits per heavy atom. The molecule has 0 saturated heterocycles. The van der Waals surface area contributed by atoms with Gasteiger partial charge >= 0.3 is 0 Å². The van der Waals surface area contributed by atoms with Gasteiger partial charge in [0.1, 0.15) is 0 Å². The number of hydrogen-bond donors (Lipinski definition) is 2. The maximum Gasteiger partial charge on any atom is 0.269 e. The number of hydrazine groups is 1. The van der Waals surface area contributed by atoms with E-state index in [1.807, 2.05) is 50.2 Å². The molecule has 5 nitrogen and oxygen atoms in total. The first-order chi connectivity index (χ1) is 10.5. The van der Waals surface area contributed by atoms with Crippen molar-refractivity contribution in [3.8, 4) is 0 Å². The van der Waals surface area contributed by atoms with Gasteiger partial charge < -0.3 is 4.90 Å². The van der Waals surface area contributed by atoms with Gasteiger partial charge in [-0.1, -0.05) is 17.7 Å². The lowest BCUT2D eigenvalue weighted by Crippen LogP contribution is -2.41. The van der Waals surface area contributed by atoms with Gasteiger partial charge in [-0.25, -0.2) is 0 Å². The summed E-state index contributed by atoms with van der Waals surface area (Å²) < 4.78 is 0. The van der Waals surface area contributed by atoms with Gasteiger partial charge in [0.05, 0.1) is 0 Å². The average molecular weight is 297 g/mol. The molecule has 0 radical (unpaired) electrons. The van der Waals surface area contributed by atoms with Crippen LogP contribution in [0.1, 0.15) is 26.3 Å². The Bertz CT molecular complexity index is 661. The smallest absolute Gasteiger partial charge is 0.269 e. The summed E-state index contributed by atoms with van der Waals surface area (Å²) in [4.78, 5) is 25.8. The summed E-state index contributed by atoms with van der Waals surface area (Å²) in [6.45, 7) is 1.95. The summed E-state index contributed by atoms with van der Waals surface area (Å²) in [7, 11) is 3.85. The van der Waals surface area contributed by atoms with Crippen LogP contribution in [0.4, 0.5) is 5.69 Å². The molecule has 0 saturated carbocycles. The fraction of sp³-hybridized carbons (Fsp3) is 0.176.